The zero-order valence-corrected chi connectivity index (χ0v) is 9.91. The molecule has 1 aliphatic rings. The highest BCUT2D eigenvalue weighted by molar-refractivity contribution is 5.03. The van der Waals surface area contributed by atoms with Gasteiger partial charge in [-0.05, 0) is 18.9 Å². The SMILES string of the molecule is Cc1cnn(C2CCN(Cc3cnoc3)C2)c1. The topological polar surface area (TPSA) is 47.1 Å². The Morgan fingerprint density at radius 2 is 2.41 bits per heavy atom. The minimum Gasteiger partial charge on any atom is -0.364 e. The second kappa shape index (κ2) is 4.33. The molecule has 3 heterocycles. The number of rotatable bonds is 3. The van der Waals surface area contributed by atoms with E-state index in [0.29, 0.717) is 6.04 Å². The summed E-state index contributed by atoms with van der Waals surface area (Å²) in [6.45, 7) is 5.15. The number of nitrogens with zero attached hydrogens (tertiary/aromatic N) is 4. The molecule has 0 N–H and O–H groups in total. The summed E-state index contributed by atoms with van der Waals surface area (Å²) in [4.78, 5) is 2.41. The molecule has 0 aliphatic carbocycles. The third-order valence-corrected chi connectivity index (χ3v) is 3.24. The molecule has 1 saturated heterocycles. The second-order valence-electron chi connectivity index (χ2n) is 4.71. The van der Waals surface area contributed by atoms with Crippen LogP contribution in [0.2, 0.25) is 0 Å². The molecule has 0 saturated carbocycles. The Labute approximate surface area is 100 Å². The van der Waals surface area contributed by atoms with Gasteiger partial charge in [0.2, 0.25) is 0 Å². The lowest BCUT2D eigenvalue weighted by Gasteiger charge is -2.14. The molecule has 90 valence electrons. The first-order valence-electron chi connectivity index (χ1n) is 5.92. The second-order valence-corrected chi connectivity index (χ2v) is 4.71. The van der Waals surface area contributed by atoms with E-state index >= 15 is 0 Å². The van der Waals surface area contributed by atoms with Crippen LogP contribution in [-0.4, -0.2) is 32.9 Å². The van der Waals surface area contributed by atoms with Gasteiger partial charge in [-0.1, -0.05) is 5.16 Å². The monoisotopic (exact) mass is 232 g/mol. The predicted molar refractivity (Wildman–Crippen MR) is 62.4 cm³/mol. The molecule has 1 fully saturated rings. The van der Waals surface area contributed by atoms with Crippen LogP contribution in [0.3, 0.4) is 0 Å². The van der Waals surface area contributed by atoms with Gasteiger partial charge in [-0.15, -0.1) is 0 Å². The predicted octanol–water partition coefficient (Wildman–Crippen LogP) is 1.63. The van der Waals surface area contributed by atoms with Crippen LogP contribution in [-0.2, 0) is 6.54 Å². The molecule has 0 spiro atoms. The van der Waals surface area contributed by atoms with E-state index in [9.17, 15) is 0 Å². The third kappa shape index (κ3) is 2.24. The summed E-state index contributed by atoms with van der Waals surface area (Å²) in [6, 6.07) is 0.503. The Balaban J connectivity index is 1.62. The highest BCUT2D eigenvalue weighted by atomic mass is 16.5. The van der Waals surface area contributed by atoms with E-state index in [-0.39, 0.29) is 0 Å². The molecule has 3 rings (SSSR count). The average molecular weight is 232 g/mol. The van der Waals surface area contributed by atoms with Crippen LogP contribution in [0.15, 0.2) is 29.4 Å². The first kappa shape index (κ1) is 10.5. The van der Waals surface area contributed by atoms with Crippen molar-refractivity contribution in [3.05, 3.63) is 36.0 Å². The molecule has 5 heteroatoms. The van der Waals surface area contributed by atoms with E-state index < -0.39 is 0 Å². The molecule has 5 nitrogen and oxygen atoms in total. The number of aryl methyl sites for hydroxylation is 1. The Morgan fingerprint density at radius 1 is 1.47 bits per heavy atom. The maximum absolute atomic E-state index is 4.85. The Morgan fingerprint density at radius 3 is 3.12 bits per heavy atom. The molecule has 0 bridgehead atoms. The van der Waals surface area contributed by atoms with Gasteiger partial charge >= 0.3 is 0 Å². The van der Waals surface area contributed by atoms with E-state index in [4.69, 9.17) is 4.52 Å². The van der Waals surface area contributed by atoms with Gasteiger partial charge in [0.25, 0.3) is 0 Å². The van der Waals surface area contributed by atoms with Crippen LogP contribution >= 0.6 is 0 Å². The van der Waals surface area contributed by atoms with E-state index in [0.717, 1.165) is 31.6 Å². The van der Waals surface area contributed by atoms with E-state index in [1.54, 1.807) is 12.5 Å². The number of hydrogen-bond donors (Lipinski definition) is 0. The van der Waals surface area contributed by atoms with Gasteiger partial charge in [0.15, 0.2) is 0 Å². The summed E-state index contributed by atoms with van der Waals surface area (Å²) in [7, 11) is 0. The first-order chi connectivity index (χ1) is 8.31. The molecule has 0 amide bonds. The Bertz CT molecular complexity index is 476. The van der Waals surface area contributed by atoms with E-state index in [1.165, 1.54) is 5.56 Å². The summed E-state index contributed by atoms with van der Waals surface area (Å²) in [6.07, 6.45) is 8.69. The molecule has 1 unspecified atom stereocenters. The number of aromatic nitrogens is 3. The fraction of sp³-hybridized carbons (Fsp3) is 0.500. The van der Waals surface area contributed by atoms with Crippen LogP contribution < -0.4 is 0 Å². The minimum absolute atomic E-state index is 0.503. The van der Waals surface area contributed by atoms with E-state index in [2.05, 4.69) is 33.0 Å². The molecule has 0 radical (unpaired) electrons. The normalized spacial score (nSPS) is 21.1. The van der Waals surface area contributed by atoms with Crippen molar-refractivity contribution < 1.29 is 4.52 Å². The van der Waals surface area contributed by atoms with Gasteiger partial charge in [-0.25, -0.2) is 0 Å². The van der Waals surface area contributed by atoms with Gasteiger partial charge in [-0.3, -0.25) is 9.58 Å². The standard InChI is InChI=1S/C12H16N4O/c1-10-4-13-16(6-10)12-2-3-15(8-12)7-11-5-14-17-9-11/h4-6,9,12H,2-3,7-8H2,1H3. The summed E-state index contributed by atoms with van der Waals surface area (Å²) in [5, 5.41) is 8.11. The Kier molecular flexibility index (Phi) is 2.68. The summed E-state index contributed by atoms with van der Waals surface area (Å²) < 4.78 is 6.93. The lowest BCUT2D eigenvalue weighted by atomic mass is 10.3. The smallest absolute Gasteiger partial charge is 0.128 e. The quantitative estimate of drug-likeness (QED) is 0.807. The maximum Gasteiger partial charge on any atom is 0.128 e. The Hall–Kier alpha value is -1.62. The van der Waals surface area contributed by atoms with Crippen LogP contribution in [0, 0.1) is 6.92 Å². The number of hydrogen-bond acceptors (Lipinski definition) is 4. The molecular formula is C12H16N4O. The van der Waals surface area contributed by atoms with Crippen LogP contribution in [0.25, 0.3) is 0 Å². The van der Waals surface area contributed by atoms with Gasteiger partial charge in [0.1, 0.15) is 6.26 Å². The molecule has 2 aromatic rings. The molecule has 2 aromatic heterocycles. The van der Waals surface area contributed by atoms with Crippen LogP contribution in [0.4, 0.5) is 0 Å². The fourth-order valence-electron chi connectivity index (χ4n) is 2.37. The fourth-order valence-corrected chi connectivity index (χ4v) is 2.37. The highest BCUT2D eigenvalue weighted by Crippen LogP contribution is 2.22. The third-order valence-electron chi connectivity index (χ3n) is 3.24. The zero-order valence-electron chi connectivity index (χ0n) is 9.91. The molecule has 1 aliphatic heterocycles. The highest BCUT2D eigenvalue weighted by Gasteiger charge is 2.24. The van der Waals surface area contributed by atoms with Gasteiger partial charge < -0.3 is 4.52 Å². The largest absolute Gasteiger partial charge is 0.364 e. The van der Waals surface area contributed by atoms with Gasteiger partial charge in [0, 0.05) is 31.4 Å². The van der Waals surface area contributed by atoms with Crippen LogP contribution in [0.1, 0.15) is 23.6 Å². The van der Waals surface area contributed by atoms with Crippen molar-refractivity contribution >= 4 is 0 Å². The zero-order chi connectivity index (χ0) is 11.7. The van der Waals surface area contributed by atoms with Crippen LogP contribution in [0.5, 0.6) is 0 Å². The lowest BCUT2D eigenvalue weighted by molar-refractivity contribution is 0.310. The van der Waals surface area contributed by atoms with Crippen molar-refractivity contribution in [1.82, 2.24) is 19.8 Å². The van der Waals surface area contributed by atoms with Crippen molar-refractivity contribution in [2.75, 3.05) is 13.1 Å². The summed E-state index contributed by atoms with van der Waals surface area (Å²) in [5.41, 5.74) is 2.37. The van der Waals surface area contributed by atoms with Gasteiger partial charge in [-0.2, -0.15) is 5.10 Å². The summed E-state index contributed by atoms with van der Waals surface area (Å²) in [5.74, 6) is 0. The summed E-state index contributed by atoms with van der Waals surface area (Å²) >= 11 is 0. The van der Waals surface area contributed by atoms with Crippen molar-refractivity contribution in [2.45, 2.75) is 25.9 Å². The number of likely N-dealkylation sites (tertiary alicyclic amines) is 1. The minimum atomic E-state index is 0.503. The molecular weight excluding hydrogens is 216 g/mol. The molecule has 1 atom stereocenters. The first-order valence-corrected chi connectivity index (χ1v) is 5.92. The molecule has 0 aromatic carbocycles. The maximum atomic E-state index is 4.85. The van der Waals surface area contributed by atoms with Crippen molar-refractivity contribution in [2.24, 2.45) is 0 Å². The van der Waals surface area contributed by atoms with Crippen molar-refractivity contribution in [1.29, 1.82) is 0 Å². The van der Waals surface area contributed by atoms with Crippen molar-refractivity contribution in [3.8, 4) is 0 Å². The van der Waals surface area contributed by atoms with E-state index in [1.807, 2.05) is 6.20 Å². The van der Waals surface area contributed by atoms with Crippen molar-refractivity contribution in [3.63, 3.8) is 0 Å². The van der Waals surface area contributed by atoms with Gasteiger partial charge in [0.05, 0.1) is 18.4 Å². The lowest BCUT2D eigenvalue weighted by Crippen LogP contribution is -2.21. The average Bonchev–Trinajstić information content (AvgIpc) is 2.99. The molecule has 17 heavy (non-hydrogen) atoms.